The topological polar surface area (TPSA) is 98.6 Å². The summed E-state index contributed by atoms with van der Waals surface area (Å²) in [5, 5.41) is 11.9. The zero-order chi connectivity index (χ0) is 20.1. The fourth-order valence-corrected chi connectivity index (χ4v) is 3.45. The fraction of sp³-hybridized carbons (Fsp3) is 0.350. The molecule has 0 radical (unpaired) electrons. The van der Waals surface area contributed by atoms with Crippen LogP contribution in [0, 0.1) is 0 Å². The van der Waals surface area contributed by atoms with Gasteiger partial charge in [0, 0.05) is 18.0 Å². The van der Waals surface area contributed by atoms with Crippen molar-refractivity contribution in [2.45, 2.75) is 45.1 Å². The quantitative estimate of drug-likeness (QED) is 0.562. The maximum absolute atomic E-state index is 12.9. The summed E-state index contributed by atoms with van der Waals surface area (Å²) in [6.45, 7) is 3.83. The first-order chi connectivity index (χ1) is 14.0. The average molecular weight is 391 g/mol. The first-order valence-electron chi connectivity index (χ1n) is 9.72. The SMILES string of the molecule is CC(C)c1nn(CC(=O)Nc2ccc3cncn3c2)c(=O)c2cc(C3CC3)nn12. The summed E-state index contributed by atoms with van der Waals surface area (Å²) in [7, 11) is 0. The Balaban J connectivity index is 1.46. The van der Waals surface area contributed by atoms with Gasteiger partial charge < -0.3 is 9.72 Å². The summed E-state index contributed by atoms with van der Waals surface area (Å²) >= 11 is 0. The van der Waals surface area contributed by atoms with Crippen molar-refractivity contribution in [1.29, 1.82) is 0 Å². The lowest BCUT2D eigenvalue weighted by Crippen LogP contribution is -2.32. The highest BCUT2D eigenvalue weighted by Crippen LogP contribution is 2.39. The summed E-state index contributed by atoms with van der Waals surface area (Å²) in [6, 6.07) is 5.50. The van der Waals surface area contributed by atoms with Gasteiger partial charge in [0.1, 0.15) is 12.1 Å². The number of pyridine rings is 1. The third-order valence-electron chi connectivity index (χ3n) is 5.12. The van der Waals surface area contributed by atoms with Crippen LogP contribution in [0.1, 0.15) is 50.0 Å². The van der Waals surface area contributed by atoms with Crippen LogP contribution in [-0.4, -0.2) is 34.7 Å². The number of nitrogens with zero attached hydrogens (tertiary/aromatic N) is 6. The predicted molar refractivity (Wildman–Crippen MR) is 107 cm³/mol. The molecular formula is C20H21N7O2. The number of rotatable bonds is 5. The maximum Gasteiger partial charge on any atom is 0.293 e. The highest BCUT2D eigenvalue weighted by atomic mass is 16.2. The molecule has 1 amide bonds. The van der Waals surface area contributed by atoms with E-state index in [1.807, 2.05) is 30.4 Å². The van der Waals surface area contributed by atoms with Gasteiger partial charge in [-0.1, -0.05) is 13.8 Å². The third-order valence-corrected chi connectivity index (χ3v) is 5.12. The van der Waals surface area contributed by atoms with Crippen molar-refractivity contribution in [1.82, 2.24) is 28.8 Å². The van der Waals surface area contributed by atoms with Crippen molar-refractivity contribution >= 4 is 22.6 Å². The normalized spacial score (nSPS) is 14.2. The molecule has 9 nitrogen and oxygen atoms in total. The number of nitrogens with one attached hydrogen (secondary N) is 1. The molecule has 1 fully saturated rings. The molecule has 148 valence electrons. The van der Waals surface area contributed by atoms with Gasteiger partial charge in [-0.15, -0.1) is 0 Å². The molecule has 1 saturated carbocycles. The largest absolute Gasteiger partial charge is 0.323 e. The van der Waals surface area contributed by atoms with Crippen molar-refractivity contribution in [3.63, 3.8) is 0 Å². The highest BCUT2D eigenvalue weighted by Gasteiger charge is 2.28. The van der Waals surface area contributed by atoms with Crippen LogP contribution in [0.4, 0.5) is 5.69 Å². The van der Waals surface area contributed by atoms with E-state index in [2.05, 4.69) is 20.5 Å². The molecule has 0 atom stereocenters. The first kappa shape index (κ1) is 17.6. The Labute approximate surface area is 166 Å². The molecule has 0 spiro atoms. The van der Waals surface area contributed by atoms with Crippen molar-refractivity contribution in [2.24, 2.45) is 0 Å². The van der Waals surface area contributed by atoms with Gasteiger partial charge in [0.15, 0.2) is 5.82 Å². The molecule has 0 saturated heterocycles. The lowest BCUT2D eigenvalue weighted by Gasteiger charge is -2.12. The number of aromatic nitrogens is 6. The van der Waals surface area contributed by atoms with Gasteiger partial charge in [0.2, 0.25) is 5.91 Å². The van der Waals surface area contributed by atoms with Crippen LogP contribution >= 0.6 is 0 Å². The number of anilines is 1. The summed E-state index contributed by atoms with van der Waals surface area (Å²) in [6.07, 6.45) is 7.38. The van der Waals surface area contributed by atoms with Crippen molar-refractivity contribution in [3.05, 3.63) is 58.8 Å². The van der Waals surface area contributed by atoms with Crippen molar-refractivity contribution in [2.75, 3.05) is 5.32 Å². The Kier molecular flexibility index (Phi) is 3.97. The van der Waals surface area contributed by atoms with Gasteiger partial charge in [-0.05, 0) is 31.0 Å². The lowest BCUT2D eigenvalue weighted by atomic mass is 10.2. The smallest absolute Gasteiger partial charge is 0.293 e. The van der Waals surface area contributed by atoms with E-state index >= 15 is 0 Å². The number of imidazole rings is 1. The van der Waals surface area contributed by atoms with Gasteiger partial charge in [-0.3, -0.25) is 9.59 Å². The van der Waals surface area contributed by atoms with E-state index < -0.39 is 0 Å². The summed E-state index contributed by atoms with van der Waals surface area (Å²) in [5.74, 6) is 0.839. The third kappa shape index (κ3) is 3.18. The Bertz CT molecular complexity index is 1290. The molecule has 9 heteroatoms. The standard InChI is InChI=1S/C20H21N7O2/c1-12(2)19-24-26(20(29)17-7-16(13-3-4-13)23-27(17)19)10-18(28)22-14-5-6-15-8-21-11-25(15)9-14/h5-9,11-13H,3-4,10H2,1-2H3,(H,22,28). The number of hydrogen-bond acceptors (Lipinski definition) is 5. The molecule has 1 N–H and O–H groups in total. The van der Waals surface area contributed by atoms with Crippen LogP contribution in [0.3, 0.4) is 0 Å². The van der Waals surface area contributed by atoms with E-state index in [4.69, 9.17) is 0 Å². The van der Waals surface area contributed by atoms with Crippen molar-refractivity contribution in [3.8, 4) is 0 Å². The van der Waals surface area contributed by atoms with Crippen LogP contribution < -0.4 is 10.9 Å². The average Bonchev–Trinajstić information content (AvgIpc) is 3.26. The fourth-order valence-electron chi connectivity index (χ4n) is 3.45. The molecule has 0 bridgehead atoms. The molecule has 0 unspecified atom stereocenters. The minimum Gasteiger partial charge on any atom is -0.323 e. The number of amides is 1. The zero-order valence-electron chi connectivity index (χ0n) is 16.2. The van der Waals surface area contributed by atoms with Crippen LogP contribution in [0.15, 0.2) is 41.7 Å². The number of fused-ring (bicyclic) bond motifs is 2. The molecule has 4 aromatic heterocycles. The number of carbonyl (C=O) groups is 1. The Morgan fingerprint density at radius 3 is 2.86 bits per heavy atom. The second-order valence-electron chi connectivity index (χ2n) is 7.81. The number of hydrogen-bond donors (Lipinski definition) is 1. The van der Waals surface area contributed by atoms with E-state index in [1.54, 1.807) is 29.3 Å². The van der Waals surface area contributed by atoms with Gasteiger partial charge in [-0.2, -0.15) is 10.2 Å². The summed E-state index contributed by atoms with van der Waals surface area (Å²) < 4.78 is 4.69. The first-order valence-corrected chi connectivity index (χ1v) is 9.72. The molecule has 0 aliphatic heterocycles. The zero-order valence-corrected chi connectivity index (χ0v) is 16.2. The number of carbonyl (C=O) groups excluding carboxylic acids is 1. The van der Waals surface area contributed by atoms with E-state index in [1.165, 1.54) is 4.68 Å². The molecule has 29 heavy (non-hydrogen) atoms. The minimum atomic E-state index is -0.319. The second kappa shape index (κ2) is 6.54. The van der Waals surface area contributed by atoms with Crippen molar-refractivity contribution < 1.29 is 4.79 Å². The molecule has 0 aromatic carbocycles. The minimum absolute atomic E-state index is 0.0583. The molecular weight excluding hydrogens is 370 g/mol. The monoisotopic (exact) mass is 391 g/mol. The highest BCUT2D eigenvalue weighted by molar-refractivity contribution is 5.90. The summed E-state index contributed by atoms with van der Waals surface area (Å²) in [5.41, 5.74) is 2.65. The molecule has 4 aromatic rings. The Hall–Kier alpha value is -3.49. The predicted octanol–water partition coefficient (Wildman–Crippen LogP) is 2.18. The van der Waals surface area contributed by atoms with Crippen LogP contribution in [0.25, 0.3) is 11.0 Å². The van der Waals surface area contributed by atoms with Gasteiger partial charge in [-0.25, -0.2) is 14.2 Å². The maximum atomic E-state index is 12.9. The Morgan fingerprint density at radius 1 is 1.28 bits per heavy atom. The van der Waals surface area contributed by atoms with E-state index in [0.717, 1.165) is 24.1 Å². The molecule has 1 aliphatic carbocycles. The second-order valence-corrected chi connectivity index (χ2v) is 7.81. The molecule has 1 aliphatic rings. The van der Waals surface area contributed by atoms with E-state index in [9.17, 15) is 9.59 Å². The van der Waals surface area contributed by atoms with Gasteiger partial charge >= 0.3 is 0 Å². The van der Waals surface area contributed by atoms with Crippen LogP contribution in [0.5, 0.6) is 0 Å². The molecule has 5 rings (SSSR count). The van der Waals surface area contributed by atoms with Gasteiger partial charge in [0.25, 0.3) is 5.56 Å². The van der Waals surface area contributed by atoms with E-state index in [0.29, 0.717) is 22.9 Å². The molecule has 4 heterocycles. The lowest BCUT2D eigenvalue weighted by molar-refractivity contribution is -0.117. The van der Waals surface area contributed by atoms with E-state index in [-0.39, 0.29) is 23.9 Å². The van der Waals surface area contributed by atoms with Crippen LogP contribution in [-0.2, 0) is 11.3 Å². The summed E-state index contributed by atoms with van der Waals surface area (Å²) in [4.78, 5) is 29.6. The van der Waals surface area contributed by atoms with Crippen LogP contribution in [0.2, 0.25) is 0 Å². The van der Waals surface area contributed by atoms with Gasteiger partial charge in [0.05, 0.1) is 29.4 Å². The Morgan fingerprint density at radius 2 is 2.10 bits per heavy atom.